The highest BCUT2D eigenvalue weighted by Gasteiger charge is 2.20. The maximum Gasteiger partial charge on any atom is 0.236 e. The Kier molecular flexibility index (Phi) is 7.33. The van der Waals surface area contributed by atoms with Gasteiger partial charge in [0, 0.05) is 11.4 Å². The van der Waals surface area contributed by atoms with E-state index in [0.717, 1.165) is 10.6 Å². The number of hydrogen-bond donors (Lipinski definition) is 1. The summed E-state index contributed by atoms with van der Waals surface area (Å²) < 4.78 is 13.4. The van der Waals surface area contributed by atoms with Gasteiger partial charge in [0.2, 0.25) is 5.91 Å². The molecule has 1 aromatic carbocycles. The molecule has 0 spiro atoms. The Balaban J connectivity index is 1.65. The number of thiazole rings is 1. The first kappa shape index (κ1) is 22.1. The van der Waals surface area contributed by atoms with Crippen LogP contribution in [0.4, 0.5) is 5.13 Å². The Morgan fingerprint density at radius 3 is 2.63 bits per heavy atom. The van der Waals surface area contributed by atoms with Gasteiger partial charge in [-0.1, -0.05) is 23.9 Å². The molecule has 2 aromatic heterocycles. The van der Waals surface area contributed by atoms with Crippen LogP contribution in [0.5, 0.6) is 11.5 Å². The van der Waals surface area contributed by atoms with E-state index in [2.05, 4.69) is 20.5 Å². The van der Waals surface area contributed by atoms with Crippen molar-refractivity contribution in [1.29, 1.82) is 0 Å². The minimum atomic E-state index is -0.335. The van der Waals surface area contributed by atoms with Crippen LogP contribution in [-0.4, -0.2) is 38.5 Å². The van der Waals surface area contributed by atoms with Gasteiger partial charge in [0.15, 0.2) is 33.7 Å². The predicted molar refractivity (Wildman–Crippen MR) is 119 cm³/mol. The lowest BCUT2D eigenvalue weighted by atomic mass is 10.3. The summed E-state index contributed by atoms with van der Waals surface area (Å²) in [4.78, 5) is 17.7. The Labute approximate surface area is 184 Å². The van der Waals surface area contributed by atoms with Crippen molar-refractivity contribution in [2.24, 2.45) is 0 Å². The highest BCUT2D eigenvalue weighted by molar-refractivity contribution is 7.99. The fourth-order valence-corrected chi connectivity index (χ4v) is 4.42. The van der Waals surface area contributed by atoms with Crippen molar-refractivity contribution < 1.29 is 14.3 Å². The first-order chi connectivity index (χ1) is 14.4. The Morgan fingerprint density at radius 1 is 1.27 bits per heavy atom. The molecule has 0 aliphatic rings. The van der Waals surface area contributed by atoms with Gasteiger partial charge in [-0.25, -0.2) is 4.98 Å². The minimum Gasteiger partial charge on any atom is -0.493 e. The zero-order valence-electron chi connectivity index (χ0n) is 17.6. The fourth-order valence-electron chi connectivity index (χ4n) is 2.78. The van der Waals surface area contributed by atoms with E-state index >= 15 is 0 Å². The van der Waals surface area contributed by atoms with Gasteiger partial charge in [0.25, 0.3) is 0 Å². The SMILES string of the molecule is CCn1c(SCC(=O)Nc2nc(C)c(C)s2)nnc1C(C)Oc1ccccc1OC. The summed E-state index contributed by atoms with van der Waals surface area (Å²) in [5, 5.41) is 12.7. The molecule has 3 rings (SSSR count). The van der Waals surface area contributed by atoms with Crippen molar-refractivity contribution in [3.63, 3.8) is 0 Å². The number of rotatable bonds is 9. The second kappa shape index (κ2) is 9.94. The van der Waals surface area contributed by atoms with Crippen LogP contribution in [0, 0.1) is 13.8 Å². The van der Waals surface area contributed by atoms with Crippen molar-refractivity contribution in [1.82, 2.24) is 19.7 Å². The van der Waals surface area contributed by atoms with Gasteiger partial charge >= 0.3 is 0 Å². The maximum atomic E-state index is 12.3. The normalized spacial score (nSPS) is 11.9. The molecule has 0 radical (unpaired) electrons. The number of amides is 1. The Morgan fingerprint density at radius 2 is 2.00 bits per heavy atom. The summed E-state index contributed by atoms with van der Waals surface area (Å²) in [7, 11) is 1.61. The van der Waals surface area contributed by atoms with Gasteiger partial charge < -0.3 is 19.4 Å². The number of nitrogens with zero attached hydrogens (tertiary/aromatic N) is 4. The number of anilines is 1. The van der Waals surface area contributed by atoms with Gasteiger partial charge in [-0.15, -0.1) is 21.5 Å². The topological polar surface area (TPSA) is 91.2 Å². The quantitative estimate of drug-likeness (QED) is 0.490. The summed E-state index contributed by atoms with van der Waals surface area (Å²) in [5.41, 5.74) is 0.933. The minimum absolute atomic E-state index is 0.126. The number of hydrogen-bond acceptors (Lipinski definition) is 8. The molecule has 1 atom stereocenters. The van der Waals surface area contributed by atoms with Crippen LogP contribution in [0.15, 0.2) is 29.4 Å². The number of benzene rings is 1. The van der Waals surface area contributed by atoms with Gasteiger partial charge in [0.1, 0.15) is 0 Å². The standard InChI is InChI=1S/C20H25N5O3S2/c1-6-25-18(13(3)28-16-10-8-7-9-15(16)27-5)23-24-20(25)29-11-17(26)22-19-21-12(2)14(4)30-19/h7-10,13H,6,11H2,1-5H3,(H,21,22,26). The monoisotopic (exact) mass is 447 g/mol. The summed E-state index contributed by atoms with van der Waals surface area (Å²) >= 11 is 2.81. The lowest BCUT2D eigenvalue weighted by Crippen LogP contribution is -2.15. The van der Waals surface area contributed by atoms with Crippen molar-refractivity contribution in [3.8, 4) is 11.5 Å². The largest absolute Gasteiger partial charge is 0.493 e. The third-order valence-corrected chi connectivity index (χ3v) is 6.36. The molecule has 30 heavy (non-hydrogen) atoms. The molecule has 0 bridgehead atoms. The molecule has 0 saturated heterocycles. The Hall–Kier alpha value is -2.59. The third kappa shape index (κ3) is 5.11. The molecule has 10 heteroatoms. The molecule has 0 aliphatic heterocycles. The number of carbonyl (C=O) groups excluding carboxylic acids is 1. The number of carbonyl (C=O) groups is 1. The van der Waals surface area contributed by atoms with E-state index in [-0.39, 0.29) is 17.8 Å². The van der Waals surface area contributed by atoms with Crippen LogP contribution < -0.4 is 14.8 Å². The van der Waals surface area contributed by atoms with Crippen LogP contribution in [-0.2, 0) is 11.3 Å². The smallest absolute Gasteiger partial charge is 0.236 e. The average molecular weight is 448 g/mol. The molecule has 8 nitrogen and oxygen atoms in total. The number of aromatic nitrogens is 4. The molecular weight excluding hydrogens is 422 g/mol. The first-order valence-corrected chi connectivity index (χ1v) is 11.3. The van der Waals surface area contributed by atoms with E-state index in [0.29, 0.717) is 34.2 Å². The zero-order valence-corrected chi connectivity index (χ0v) is 19.3. The average Bonchev–Trinajstić information content (AvgIpc) is 3.28. The summed E-state index contributed by atoms with van der Waals surface area (Å²) in [6, 6.07) is 7.47. The lowest BCUT2D eigenvalue weighted by molar-refractivity contribution is -0.113. The predicted octanol–water partition coefficient (Wildman–Crippen LogP) is 4.25. The molecule has 0 fully saturated rings. The van der Waals surface area contributed by atoms with Crippen molar-refractivity contribution in [2.45, 2.75) is 45.5 Å². The highest BCUT2D eigenvalue weighted by Crippen LogP contribution is 2.31. The maximum absolute atomic E-state index is 12.3. The number of thioether (sulfide) groups is 1. The van der Waals surface area contributed by atoms with Crippen molar-refractivity contribution in [2.75, 3.05) is 18.2 Å². The number of para-hydroxylation sites is 2. The van der Waals surface area contributed by atoms with E-state index in [4.69, 9.17) is 9.47 Å². The number of methoxy groups -OCH3 is 1. The number of aryl methyl sites for hydroxylation is 2. The zero-order chi connectivity index (χ0) is 21.7. The molecule has 1 unspecified atom stereocenters. The summed E-state index contributed by atoms with van der Waals surface area (Å²) in [5.74, 6) is 2.08. The van der Waals surface area contributed by atoms with Crippen LogP contribution in [0.2, 0.25) is 0 Å². The molecule has 0 aliphatic carbocycles. The second-order valence-electron chi connectivity index (χ2n) is 6.49. The van der Waals surface area contributed by atoms with E-state index in [1.54, 1.807) is 7.11 Å². The Bertz CT molecular complexity index is 998. The van der Waals surface area contributed by atoms with E-state index in [1.165, 1.54) is 23.1 Å². The van der Waals surface area contributed by atoms with Gasteiger partial charge in [0.05, 0.1) is 18.6 Å². The third-order valence-electron chi connectivity index (χ3n) is 4.41. The van der Waals surface area contributed by atoms with E-state index < -0.39 is 0 Å². The van der Waals surface area contributed by atoms with Crippen LogP contribution in [0.1, 0.15) is 36.3 Å². The van der Waals surface area contributed by atoms with Gasteiger partial charge in [-0.05, 0) is 39.8 Å². The number of ether oxygens (including phenoxy) is 2. The second-order valence-corrected chi connectivity index (χ2v) is 8.64. The van der Waals surface area contributed by atoms with Crippen molar-refractivity contribution >= 4 is 34.1 Å². The van der Waals surface area contributed by atoms with Gasteiger partial charge in [-0.2, -0.15) is 0 Å². The summed E-state index contributed by atoms with van der Waals surface area (Å²) in [6.45, 7) is 8.49. The highest BCUT2D eigenvalue weighted by atomic mass is 32.2. The van der Waals surface area contributed by atoms with Crippen LogP contribution >= 0.6 is 23.1 Å². The van der Waals surface area contributed by atoms with Crippen molar-refractivity contribution in [3.05, 3.63) is 40.7 Å². The molecule has 1 N–H and O–H groups in total. The van der Waals surface area contributed by atoms with Crippen LogP contribution in [0.3, 0.4) is 0 Å². The molecule has 3 aromatic rings. The lowest BCUT2D eigenvalue weighted by Gasteiger charge is -2.17. The van der Waals surface area contributed by atoms with E-state index in [9.17, 15) is 4.79 Å². The molecule has 2 heterocycles. The fraction of sp³-hybridized carbons (Fsp3) is 0.400. The molecule has 0 saturated carbocycles. The molecule has 1 amide bonds. The molecular formula is C20H25N5O3S2. The first-order valence-electron chi connectivity index (χ1n) is 9.52. The van der Waals surface area contributed by atoms with E-state index in [1.807, 2.05) is 56.5 Å². The summed E-state index contributed by atoms with van der Waals surface area (Å²) in [6.07, 6.45) is -0.335. The number of nitrogens with one attached hydrogen (secondary N) is 1. The van der Waals surface area contributed by atoms with Crippen LogP contribution in [0.25, 0.3) is 0 Å². The molecule has 160 valence electrons. The van der Waals surface area contributed by atoms with Gasteiger partial charge in [-0.3, -0.25) is 4.79 Å².